The Morgan fingerprint density at radius 2 is 1.07 bits per heavy atom. The first-order valence-electron chi connectivity index (χ1n) is 19.9. The number of fused-ring (bicyclic) bond motifs is 12. The maximum absolute atomic E-state index is 6.40. The van der Waals surface area contributed by atoms with E-state index in [0.29, 0.717) is 0 Å². The highest BCUT2D eigenvalue weighted by Gasteiger charge is 2.37. The average molecular weight is 715 g/mol. The Morgan fingerprint density at radius 1 is 0.464 bits per heavy atom. The van der Waals surface area contributed by atoms with Crippen molar-refractivity contribution in [1.82, 2.24) is 0 Å². The summed E-state index contributed by atoms with van der Waals surface area (Å²) in [6.45, 7) is 4.78. The van der Waals surface area contributed by atoms with Crippen molar-refractivity contribution in [3.05, 3.63) is 187 Å². The number of allylic oxidation sites excluding steroid dienone is 4. The van der Waals surface area contributed by atoms with Gasteiger partial charge < -0.3 is 4.42 Å². The van der Waals surface area contributed by atoms with Crippen LogP contribution in [0, 0.1) is 0 Å². The molecule has 2 aliphatic carbocycles. The number of hydrogen-bond donors (Lipinski definition) is 0. The van der Waals surface area contributed by atoms with Crippen molar-refractivity contribution < 1.29 is 4.42 Å². The highest BCUT2D eigenvalue weighted by Crippen LogP contribution is 2.54. The van der Waals surface area contributed by atoms with Gasteiger partial charge in [-0.25, -0.2) is 0 Å². The first-order chi connectivity index (χ1) is 27.6. The molecule has 1 aromatic heterocycles. The number of para-hydroxylation sites is 1. The van der Waals surface area contributed by atoms with Gasteiger partial charge >= 0.3 is 0 Å². The first kappa shape index (κ1) is 31.6. The lowest BCUT2D eigenvalue weighted by atomic mass is 9.80. The molecule has 1 heterocycles. The summed E-state index contributed by atoms with van der Waals surface area (Å²) < 4.78 is 6.40. The standard InChI is InChI=1S/C55H38O/c1-55(2)46-30-25-34-26-31-49-54(45-22-12-13-23-48(45)56-49)51(34)53(46)44-27-24-35(32-47(44)55)36-28-29-43(38-17-7-6-16-37(36)38)52-41-20-10-8-18-39(41)50(33-14-4-3-5-15-33)40-19-9-11-21-42(40)52/h3-4,6-14,16-32H,5,15H2,1-2H3. The van der Waals surface area contributed by atoms with Gasteiger partial charge in [0.25, 0.3) is 0 Å². The van der Waals surface area contributed by atoms with Crippen molar-refractivity contribution in [2.24, 2.45) is 0 Å². The summed E-state index contributed by atoms with van der Waals surface area (Å²) >= 11 is 0. The summed E-state index contributed by atoms with van der Waals surface area (Å²) in [5.74, 6) is 0. The van der Waals surface area contributed by atoms with E-state index in [9.17, 15) is 0 Å². The minimum absolute atomic E-state index is 0.171. The Balaban J connectivity index is 1.08. The summed E-state index contributed by atoms with van der Waals surface area (Å²) in [4.78, 5) is 0. The maximum Gasteiger partial charge on any atom is 0.136 e. The Morgan fingerprint density at radius 3 is 1.79 bits per heavy atom. The van der Waals surface area contributed by atoms with Crippen molar-refractivity contribution in [1.29, 1.82) is 0 Å². The molecule has 1 nitrogen and oxygen atoms in total. The van der Waals surface area contributed by atoms with Gasteiger partial charge in [0.2, 0.25) is 0 Å². The SMILES string of the molecule is CC1(C)c2cc(-c3ccc(-c4c5ccccc5c(C5=CC=CCC5)c5ccccc45)c4ccccc34)ccc2-c2c1ccc1ccc3oc4ccccc4c3c21. The van der Waals surface area contributed by atoms with Crippen molar-refractivity contribution in [3.63, 3.8) is 0 Å². The Bertz CT molecular complexity index is 3330. The molecule has 0 atom stereocenters. The molecule has 0 radical (unpaired) electrons. The van der Waals surface area contributed by atoms with Crippen LogP contribution in [0.2, 0.25) is 0 Å². The van der Waals surface area contributed by atoms with E-state index in [0.717, 1.165) is 24.0 Å². The van der Waals surface area contributed by atoms with E-state index in [1.54, 1.807) is 0 Å². The molecule has 2 aliphatic rings. The fourth-order valence-corrected chi connectivity index (χ4v) is 10.4. The summed E-state index contributed by atoms with van der Waals surface area (Å²) in [7, 11) is 0. The third kappa shape index (κ3) is 4.31. The molecule has 10 aromatic rings. The smallest absolute Gasteiger partial charge is 0.136 e. The molecule has 12 rings (SSSR count). The lowest BCUT2D eigenvalue weighted by Crippen LogP contribution is -2.15. The topological polar surface area (TPSA) is 13.1 Å². The number of hydrogen-bond acceptors (Lipinski definition) is 1. The van der Waals surface area contributed by atoms with E-state index in [1.807, 2.05) is 0 Å². The molecular weight excluding hydrogens is 677 g/mol. The van der Waals surface area contributed by atoms with E-state index in [4.69, 9.17) is 4.42 Å². The van der Waals surface area contributed by atoms with Gasteiger partial charge in [-0.15, -0.1) is 0 Å². The van der Waals surface area contributed by atoms with Crippen LogP contribution in [0.3, 0.4) is 0 Å². The van der Waals surface area contributed by atoms with Crippen LogP contribution in [0.25, 0.3) is 104 Å². The third-order valence-electron chi connectivity index (χ3n) is 12.9. The molecule has 0 bridgehead atoms. The van der Waals surface area contributed by atoms with Gasteiger partial charge in [0.15, 0.2) is 0 Å². The largest absolute Gasteiger partial charge is 0.456 e. The summed E-state index contributed by atoms with van der Waals surface area (Å²) in [5, 5.41) is 12.7. The first-order valence-corrected chi connectivity index (χ1v) is 19.9. The normalized spacial score (nSPS) is 14.6. The van der Waals surface area contributed by atoms with Gasteiger partial charge in [0.1, 0.15) is 11.2 Å². The van der Waals surface area contributed by atoms with Crippen LogP contribution in [0.15, 0.2) is 174 Å². The van der Waals surface area contributed by atoms with Crippen LogP contribution in [0.1, 0.15) is 43.4 Å². The highest BCUT2D eigenvalue weighted by molar-refractivity contribution is 6.25. The van der Waals surface area contributed by atoms with Crippen LogP contribution in [0.5, 0.6) is 0 Å². The summed E-state index contributed by atoms with van der Waals surface area (Å²) in [6, 6.07) is 56.5. The zero-order valence-corrected chi connectivity index (χ0v) is 31.5. The highest BCUT2D eigenvalue weighted by atomic mass is 16.3. The third-order valence-corrected chi connectivity index (χ3v) is 12.9. The fraction of sp³-hybridized carbons (Fsp3) is 0.0909. The van der Waals surface area contributed by atoms with Gasteiger partial charge in [-0.3, -0.25) is 0 Å². The molecule has 0 amide bonds. The second kappa shape index (κ2) is 11.7. The lowest BCUT2D eigenvalue weighted by molar-refractivity contribution is 0.661. The molecule has 56 heavy (non-hydrogen) atoms. The quantitative estimate of drug-likeness (QED) is 0.166. The molecule has 0 saturated heterocycles. The predicted molar refractivity (Wildman–Crippen MR) is 239 cm³/mol. The predicted octanol–water partition coefficient (Wildman–Crippen LogP) is 15.6. The van der Waals surface area contributed by atoms with E-state index in [1.165, 1.54) is 110 Å². The molecule has 0 aliphatic heterocycles. The fourth-order valence-electron chi connectivity index (χ4n) is 10.4. The van der Waals surface area contributed by atoms with Crippen LogP contribution in [0.4, 0.5) is 0 Å². The van der Waals surface area contributed by atoms with Gasteiger partial charge in [-0.05, 0) is 124 Å². The maximum atomic E-state index is 6.40. The molecule has 0 unspecified atom stereocenters. The lowest BCUT2D eigenvalue weighted by Gasteiger charge is -2.23. The molecular formula is C55H38O. The minimum atomic E-state index is -0.171. The Hall–Kier alpha value is -6.70. The van der Waals surface area contributed by atoms with Crippen LogP contribution in [-0.4, -0.2) is 0 Å². The number of furan rings is 1. The monoisotopic (exact) mass is 714 g/mol. The van der Waals surface area contributed by atoms with E-state index in [2.05, 4.69) is 184 Å². The second-order valence-electron chi connectivity index (χ2n) is 16.2. The van der Waals surface area contributed by atoms with Crippen LogP contribution < -0.4 is 0 Å². The van der Waals surface area contributed by atoms with Gasteiger partial charge in [-0.2, -0.15) is 0 Å². The number of benzene rings is 9. The molecule has 0 N–H and O–H groups in total. The van der Waals surface area contributed by atoms with Crippen molar-refractivity contribution >= 4 is 70.6 Å². The van der Waals surface area contributed by atoms with Crippen LogP contribution in [-0.2, 0) is 5.41 Å². The van der Waals surface area contributed by atoms with Crippen molar-refractivity contribution in [2.75, 3.05) is 0 Å². The van der Waals surface area contributed by atoms with Crippen molar-refractivity contribution in [3.8, 4) is 33.4 Å². The zero-order chi connectivity index (χ0) is 37.1. The van der Waals surface area contributed by atoms with Crippen molar-refractivity contribution in [2.45, 2.75) is 32.1 Å². The van der Waals surface area contributed by atoms with E-state index in [-0.39, 0.29) is 5.41 Å². The van der Waals surface area contributed by atoms with E-state index >= 15 is 0 Å². The van der Waals surface area contributed by atoms with Gasteiger partial charge in [-0.1, -0.05) is 166 Å². The Labute approximate surface area is 325 Å². The Kier molecular flexibility index (Phi) is 6.58. The second-order valence-corrected chi connectivity index (χ2v) is 16.2. The van der Waals surface area contributed by atoms with Gasteiger partial charge in [0.05, 0.1) is 0 Å². The number of rotatable bonds is 3. The molecule has 9 aromatic carbocycles. The molecule has 0 spiro atoms. The molecule has 0 saturated carbocycles. The molecule has 1 heteroatoms. The summed E-state index contributed by atoms with van der Waals surface area (Å²) in [5.41, 5.74) is 15.0. The average Bonchev–Trinajstić information content (AvgIpc) is 3.74. The van der Waals surface area contributed by atoms with E-state index < -0.39 is 0 Å². The van der Waals surface area contributed by atoms with Crippen LogP contribution >= 0.6 is 0 Å². The molecule has 0 fully saturated rings. The molecule has 264 valence electrons. The zero-order valence-electron chi connectivity index (χ0n) is 31.5. The van der Waals surface area contributed by atoms with Gasteiger partial charge in [0, 0.05) is 21.6 Å². The summed E-state index contributed by atoms with van der Waals surface area (Å²) in [6.07, 6.45) is 8.96. The minimum Gasteiger partial charge on any atom is -0.456 e.